The molecular formula is C34H30N2O9. The van der Waals surface area contributed by atoms with E-state index in [2.05, 4.69) is 5.32 Å². The number of aromatic hydroxyl groups is 1. The molecule has 0 unspecified atom stereocenters. The quantitative estimate of drug-likeness (QED) is 0.227. The lowest BCUT2D eigenvalue weighted by Crippen LogP contribution is -2.57. The Kier molecular flexibility index (Phi) is 7.20. The molecule has 0 aromatic heterocycles. The standard InChI is InChI=1S/C34H30N2O9/c1-2-16-3-9-21(10-4-16)45-33(43)36-20-7-5-17(6-8-20)22-11-12-24(37)27-23(22)14-18-13-19-15-25(38)28(32(35)42)31(41)34(19,44)30(40)26(18)29(27)39/h3-12,18-19,37-38,40,44H,2,13-15H2,1H3,(H2,35,42)(H,36,43)/t18-,19+,34+/m1/s1. The van der Waals surface area contributed by atoms with Crippen LogP contribution in [0, 0.1) is 11.8 Å². The zero-order chi connectivity index (χ0) is 32.2. The first-order chi connectivity index (χ1) is 21.4. The zero-order valence-electron chi connectivity index (χ0n) is 24.2. The van der Waals surface area contributed by atoms with Crippen molar-refractivity contribution in [3.05, 3.63) is 100 Å². The Morgan fingerprint density at radius 1 is 0.978 bits per heavy atom. The van der Waals surface area contributed by atoms with Crippen LogP contribution in [0.3, 0.4) is 0 Å². The van der Waals surface area contributed by atoms with Gasteiger partial charge in [0.15, 0.2) is 11.4 Å². The Morgan fingerprint density at radius 2 is 1.67 bits per heavy atom. The number of nitrogens with two attached hydrogens (primary N) is 1. The maximum Gasteiger partial charge on any atom is 0.417 e. The second-order valence-electron chi connectivity index (χ2n) is 11.5. The van der Waals surface area contributed by atoms with Crippen molar-refractivity contribution in [2.45, 2.75) is 38.2 Å². The minimum atomic E-state index is -2.62. The van der Waals surface area contributed by atoms with Crippen molar-refractivity contribution in [3.8, 4) is 22.6 Å². The summed E-state index contributed by atoms with van der Waals surface area (Å²) < 4.78 is 5.35. The molecule has 3 aliphatic rings. The van der Waals surface area contributed by atoms with Gasteiger partial charge in [-0.05, 0) is 77.8 Å². The van der Waals surface area contributed by atoms with E-state index < -0.39 is 58.1 Å². The Hall–Kier alpha value is -5.42. The van der Waals surface area contributed by atoms with Crippen LogP contribution < -0.4 is 15.8 Å². The molecule has 3 aromatic rings. The summed E-state index contributed by atoms with van der Waals surface area (Å²) in [6, 6.07) is 17.0. The largest absolute Gasteiger partial charge is 0.511 e. The predicted molar refractivity (Wildman–Crippen MR) is 162 cm³/mol. The number of fused-ring (bicyclic) bond motifs is 3. The summed E-state index contributed by atoms with van der Waals surface area (Å²) in [7, 11) is 0. The predicted octanol–water partition coefficient (Wildman–Crippen LogP) is 4.42. The van der Waals surface area contributed by atoms with Crippen molar-refractivity contribution in [1.29, 1.82) is 0 Å². The average Bonchev–Trinajstić information content (AvgIpc) is 3.00. The van der Waals surface area contributed by atoms with Crippen molar-refractivity contribution in [1.82, 2.24) is 0 Å². The molecule has 0 spiro atoms. The van der Waals surface area contributed by atoms with Gasteiger partial charge >= 0.3 is 6.09 Å². The molecule has 3 aromatic carbocycles. The molecule has 0 bridgehead atoms. The number of carbonyl (C=O) groups excluding carboxylic acids is 4. The van der Waals surface area contributed by atoms with Gasteiger partial charge in [0, 0.05) is 23.6 Å². The van der Waals surface area contributed by atoms with Crippen LogP contribution in [0.5, 0.6) is 11.5 Å². The Morgan fingerprint density at radius 3 is 2.31 bits per heavy atom. The number of amides is 2. The first-order valence-corrected chi connectivity index (χ1v) is 14.4. The second-order valence-corrected chi connectivity index (χ2v) is 11.5. The van der Waals surface area contributed by atoms with Gasteiger partial charge in [0.05, 0.1) is 5.56 Å². The third kappa shape index (κ3) is 4.81. The van der Waals surface area contributed by atoms with E-state index in [-0.39, 0.29) is 36.1 Å². The van der Waals surface area contributed by atoms with Crippen LogP contribution in [0.2, 0.25) is 0 Å². The molecule has 0 aliphatic heterocycles. The lowest BCUT2D eigenvalue weighted by atomic mass is 9.60. The number of Topliss-reactive ketones (excluding diaryl/α,β-unsaturated/α-hetero) is 2. The van der Waals surface area contributed by atoms with Gasteiger partial charge in [-0.25, -0.2) is 4.79 Å². The van der Waals surface area contributed by atoms with E-state index >= 15 is 0 Å². The summed E-state index contributed by atoms with van der Waals surface area (Å²) in [5.74, 6) is -6.38. The van der Waals surface area contributed by atoms with Crippen molar-refractivity contribution >= 4 is 29.3 Å². The molecular weight excluding hydrogens is 580 g/mol. The fraction of sp³-hybridized carbons (Fsp3) is 0.235. The number of benzene rings is 3. The van der Waals surface area contributed by atoms with Gasteiger partial charge < -0.3 is 30.9 Å². The molecule has 2 amide bonds. The van der Waals surface area contributed by atoms with Crippen molar-refractivity contribution in [2.75, 3.05) is 5.32 Å². The minimum absolute atomic E-state index is 0.0319. The Labute approximate surface area is 257 Å². The Bertz CT molecular complexity index is 1840. The number of aryl methyl sites for hydroxylation is 1. The van der Waals surface area contributed by atoms with Gasteiger partial charge in [0.1, 0.15) is 28.6 Å². The molecule has 3 atom stereocenters. The number of carbonyl (C=O) groups is 4. The lowest BCUT2D eigenvalue weighted by molar-refractivity contribution is -0.144. The van der Waals surface area contributed by atoms with E-state index in [0.717, 1.165) is 12.0 Å². The van der Waals surface area contributed by atoms with E-state index in [1.54, 1.807) is 42.5 Å². The molecule has 6 rings (SSSR count). The molecule has 0 saturated carbocycles. The van der Waals surface area contributed by atoms with Gasteiger partial charge in [-0.2, -0.15) is 0 Å². The molecule has 11 heteroatoms. The molecule has 7 N–H and O–H groups in total. The molecule has 0 radical (unpaired) electrons. The van der Waals surface area contributed by atoms with Crippen LogP contribution in [-0.2, 0) is 22.4 Å². The van der Waals surface area contributed by atoms with E-state index in [0.29, 0.717) is 28.1 Å². The number of rotatable bonds is 5. The number of anilines is 1. The lowest BCUT2D eigenvalue weighted by Gasteiger charge is -2.45. The summed E-state index contributed by atoms with van der Waals surface area (Å²) in [4.78, 5) is 51.2. The summed E-state index contributed by atoms with van der Waals surface area (Å²) in [5, 5.41) is 46.4. The second kappa shape index (κ2) is 10.9. The number of aliphatic hydroxyl groups is 3. The van der Waals surface area contributed by atoms with Gasteiger partial charge in [-0.3, -0.25) is 19.7 Å². The highest BCUT2D eigenvalue weighted by Gasteiger charge is 2.59. The molecule has 0 saturated heterocycles. The number of allylic oxidation sites excluding steroid dienone is 2. The normalized spacial score (nSPS) is 22.4. The van der Waals surface area contributed by atoms with Crippen molar-refractivity contribution in [2.24, 2.45) is 17.6 Å². The van der Waals surface area contributed by atoms with E-state index in [4.69, 9.17) is 10.5 Å². The topological polar surface area (TPSA) is 196 Å². The first-order valence-electron chi connectivity index (χ1n) is 14.4. The smallest absolute Gasteiger partial charge is 0.417 e. The van der Waals surface area contributed by atoms with Gasteiger partial charge in [-0.15, -0.1) is 0 Å². The average molecular weight is 611 g/mol. The van der Waals surface area contributed by atoms with Gasteiger partial charge in [-0.1, -0.05) is 37.3 Å². The summed E-state index contributed by atoms with van der Waals surface area (Å²) in [6.07, 6.45) is 0.0973. The summed E-state index contributed by atoms with van der Waals surface area (Å²) >= 11 is 0. The highest BCUT2D eigenvalue weighted by Crippen LogP contribution is 2.52. The third-order valence-corrected chi connectivity index (χ3v) is 8.93. The molecule has 3 aliphatic carbocycles. The van der Waals surface area contributed by atoms with E-state index in [9.17, 15) is 39.6 Å². The number of nitrogens with one attached hydrogen (secondary N) is 1. The number of primary amides is 1. The SMILES string of the molecule is CCc1ccc(OC(=O)Nc2ccc(-c3ccc(O)c4c3C[C@H]3C[C@H]5CC(O)=C(C(N)=O)C(=O)[C@@]5(O)C(O)=C3C4=O)cc2)cc1. The Balaban J connectivity index is 1.29. The van der Waals surface area contributed by atoms with E-state index in [1.807, 2.05) is 19.1 Å². The van der Waals surface area contributed by atoms with Crippen molar-refractivity contribution < 1.29 is 44.3 Å². The van der Waals surface area contributed by atoms with Crippen LogP contribution in [0.15, 0.2) is 83.3 Å². The third-order valence-electron chi connectivity index (χ3n) is 8.93. The number of hydrogen-bond donors (Lipinski definition) is 6. The molecule has 0 fully saturated rings. The molecule has 45 heavy (non-hydrogen) atoms. The first kappa shape index (κ1) is 29.6. The van der Waals surface area contributed by atoms with Gasteiger partial charge in [0.25, 0.3) is 5.91 Å². The number of phenols is 1. The monoisotopic (exact) mass is 610 g/mol. The zero-order valence-corrected chi connectivity index (χ0v) is 24.2. The van der Waals surface area contributed by atoms with Crippen LogP contribution in [0.4, 0.5) is 10.5 Å². The fourth-order valence-electron chi connectivity index (χ4n) is 6.67. The molecule has 230 valence electrons. The molecule has 11 nitrogen and oxygen atoms in total. The van der Waals surface area contributed by atoms with E-state index in [1.165, 1.54) is 6.07 Å². The number of aliphatic hydroxyl groups excluding tert-OH is 2. The van der Waals surface area contributed by atoms with Crippen LogP contribution in [0.1, 0.15) is 41.3 Å². The maximum absolute atomic E-state index is 13.8. The maximum atomic E-state index is 13.8. The minimum Gasteiger partial charge on any atom is -0.511 e. The fourth-order valence-corrected chi connectivity index (χ4v) is 6.67. The van der Waals surface area contributed by atoms with Gasteiger partial charge in [0.2, 0.25) is 5.78 Å². The number of phenolic OH excluding ortho intramolecular Hbond substituents is 1. The van der Waals surface area contributed by atoms with Crippen LogP contribution in [0.25, 0.3) is 11.1 Å². The summed E-state index contributed by atoms with van der Waals surface area (Å²) in [5.41, 5.74) is 4.89. The molecule has 0 heterocycles. The van der Waals surface area contributed by atoms with Crippen molar-refractivity contribution in [3.63, 3.8) is 0 Å². The highest BCUT2D eigenvalue weighted by molar-refractivity contribution is 6.24. The van der Waals surface area contributed by atoms with Crippen LogP contribution in [-0.4, -0.2) is 49.6 Å². The number of ketones is 2. The number of ether oxygens (including phenoxy) is 1. The number of hydrogen-bond acceptors (Lipinski definition) is 9. The summed E-state index contributed by atoms with van der Waals surface area (Å²) in [6.45, 7) is 2.03. The highest BCUT2D eigenvalue weighted by atomic mass is 16.6. The van der Waals surface area contributed by atoms with Crippen LogP contribution >= 0.6 is 0 Å².